The predicted molar refractivity (Wildman–Crippen MR) is 202 cm³/mol. The molecule has 1 aliphatic heterocycles. The van der Waals surface area contributed by atoms with Gasteiger partial charge in [-0.05, 0) is 47.9 Å². The van der Waals surface area contributed by atoms with E-state index in [9.17, 15) is 17.6 Å². The predicted octanol–water partition coefficient (Wildman–Crippen LogP) is 7.90. The van der Waals surface area contributed by atoms with Crippen LogP contribution in [0.5, 0.6) is 11.6 Å². The van der Waals surface area contributed by atoms with Crippen molar-refractivity contribution in [1.82, 2.24) is 19.9 Å². The number of halogens is 1. The zero-order valence-electron chi connectivity index (χ0n) is 28.9. The molecule has 2 N–H and O–H groups in total. The van der Waals surface area contributed by atoms with Crippen LogP contribution in [0.4, 0.5) is 20.8 Å². The Hall–Kier alpha value is -6.08. The lowest BCUT2D eigenvalue weighted by molar-refractivity contribution is 0.0685. The lowest BCUT2D eigenvalue weighted by atomic mass is 10.0. The highest BCUT2D eigenvalue weighted by Crippen LogP contribution is 2.39. The number of aryl methyl sites for hydroxylation is 1. The molecule has 6 aromatic rings. The molecule has 270 valence electrons. The number of pyridine rings is 1. The van der Waals surface area contributed by atoms with E-state index >= 15 is 0 Å². The maximum atomic E-state index is 14.9. The summed E-state index contributed by atoms with van der Waals surface area (Å²) in [7, 11) is -3.71. The Kier molecular flexibility index (Phi) is 10.4. The van der Waals surface area contributed by atoms with Crippen LogP contribution in [0.1, 0.15) is 23.1 Å². The van der Waals surface area contributed by atoms with Gasteiger partial charge in [-0.25, -0.2) is 32.6 Å². The maximum Gasteiger partial charge on any atom is 0.410 e. The first-order valence-electron chi connectivity index (χ1n) is 17.1. The van der Waals surface area contributed by atoms with E-state index in [1.165, 1.54) is 4.90 Å². The molecule has 7 rings (SSSR count). The van der Waals surface area contributed by atoms with Gasteiger partial charge in [0.2, 0.25) is 21.9 Å². The first-order chi connectivity index (χ1) is 25.7. The average Bonchev–Trinajstić information content (AvgIpc) is 3.15. The van der Waals surface area contributed by atoms with Gasteiger partial charge in [-0.15, -0.1) is 0 Å². The number of hydrogen-bond donors (Lipinski definition) is 2. The molecule has 1 aliphatic rings. The largest absolute Gasteiger partial charge is 0.445 e. The average molecular weight is 733 g/mol. The number of fused-ring (bicyclic) bond motifs is 1. The zero-order valence-corrected chi connectivity index (χ0v) is 29.7. The molecule has 1 amide bonds. The molecule has 13 heteroatoms. The highest BCUT2D eigenvalue weighted by Gasteiger charge is 2.31. The quantitative estimate of drug-likeness (QED) is 0.136. The minimum absolute atomic E-state index is 0.0578. The van der Waals surface area contributed by atoms with E-state index < -0.39 is 28.3 Å². The molecule has 0 spiro atoms. The smallest absolute Gasteiger partial charge is 0.410 e. The van der Waals surface area contributed by atoms with Crippen molar-refractivity contribution in [2.45, 2.75) is 37.9 Å². The Morgan fingerprint density at radius 1 is 0.849 bits per heavy atom. The normalized spacial score (nSPS) is 15.8. The molecule has 53 heavy (non-hydrogen) atoms. The number of hydrogen-bond acceptors (Lipinski definition) is 9. The maximum absolute atomic E-state index is 14.9. The van der Waals surface area contributed by atoms with Crippen LogP contribution in [0.2, 0.25) is 0 Å². The Labute approximate surface area is 306 Å². The fourth-order valence-electron chi connectivity index (χ4n) is 6.29. The number of benzene rings is 4. The van der Waals surface area contributed by atoms with Crippen molar-refractivity contribution in [1.29, 1.82) is 0 Å². The number of carbonyl (C=O) groups is 1. The molecule has 0 aliphatic carbocycles. The van der Waals surface area contributed by atoms with E-state index in [4.69, 9.17) is 14.5 Å². The van der Waals surface area contributed by atoms with Crippen molar-refractivity contribution in [2.24, 2.45) is 0 Å². The van der Waals surface area contributed by atoms with Crippen molar-refractivity contribution in [3.05, 3.63) is 138 Å². The summed E-state index contributed by atoms with van der Waals surface area (Å²) in [5.74, 6) is 0.870. The number of aromatic nitrogens is 3. The highest BCUT2D eigenvalue weighted by atomic mass is 32.2. The zero-order chi connectivity index (χ0) is 36.8. The SMILES string of the molecule is Cc1ccc2c(NS(=O)(=O)Cc3ccccc3)cccc2c1Oc1ncccc1-c1ccnc(N[C@H]2C[C@@H](F)CN(C(=O)OCc3ccccc3)C2)n1. The first kappa shape index (κ1) is 35.3. The van der Waals surface area contributed by atoms with Gasteiger partial charge in [-0.2, -0.15) is 0 Å². The van der Waals surface area contributed by atoms with E-state index in [1.807, 2.05) is 67.6 Å². The molecule has 0 saturated carbocycles. The minimum Gasteiger partial charge on any atom is -0.445 e. The summed E-state index contributed by atoms with van der Waals surface area (Å²) in [4.78, 5) is 27.8. The number of piperidine rings is 1. The van der Waals surface area contributed by atoms with Crippen molar-refractivity contribution in [3.8, 4) is 22.9 Å². The minimum atomic E-state index is -3.71. The number of ether oxygens (including phenoxy) is 2. The van der Waals surface area contributed by atoms with Gasteiger partial charge in [0.05, 0.1) is 29.2 Å². The van der Waals surface area contributed by atoms with Crippen LogP contribution in [0.25, 0.3) is 22.0 Å². The number of nitrogens with zero attached hydrogens (tertiary/aromatic N) is 4. The van der Waals surface area contributed by atoms with Crippen LogP contribution < -0.4 is 14.8 Å². The molecule has 1 saturated heterocycles. The standard InChI is InChI=1S/C40H37FN6O5S/c1-27-17-18-32-33(14-8-16-36(32)46-53(49,50)26-29-12-6-3-7-13-29)37(27)52-38-34(15-9-20-42-38)35-19-21-43-39(45-35)44-31-22-30(41)23-47(24-31)40(48)51-25-28-10-4-2-5-11-28/h2-21,30-31,46H,22-26H2,1H3,(H,43,44,45)/t30-,31+/m1/s1. The number of amides is 1. The molecule has 11 nitrogen and oxygen atoms in total. The summed E-state index contributed by atoms with van der Waals surface area (Å²) in [5.41, 5.74) is 3.84. The third kappa shape index (κ3) is 8.70. The van der Waals surface area contributed by atoms with Crippen LogP contribution in [0.3, 0.4) is 0 Å². The van der Waals surface area contributed by atoms with Crippen molar-refractivity contribution in [3.63, 3.8) is 0 Å². The molecule has 2 aromatic heterocycles. The van der Waals surface area contributed by atoms with Gasteiger partial charge < -0.3 is 19.7 Å². The van der Waals surface area contributed by atoms with Crippen molar-refractivity contribution < 1.29 is 27.1 Å². The molecular weight excluding hydrogens is 696 g/mol. The second-order valence-electron chi connectivity index (χ2n) is 12.8. The van der Waals surface area contributed by atoms with Gasteiger partial charge in [0.1, 0.15) is 18.5 Å². The van der Waals surface area contributed by atoms with Crippen molar-refractivity contribution >= 4 is 38.5 Å². The van der Waals surface area contributed by atoms with E-state index in [1.54, 1.807) is 60.9 Å². The van der Waals surface area contributed by atoms with E-state index in [0.717, 1.165) is 11.1 Å². The van der Waals surface area contributed by atoms with Gasteiger partial charge in [0.25, 0.3) is 0 Å². The Bertz CT molecular complexity index is 2330. The van der Waals surface area contributed by atoms with Gasteiger partial charge in [0.15, 0.2) is 0 Å². The van der Waals surface area contributed by atoms with E-state index in [-0.39, 0.29) is 43.7 Å². The summed E-state index contributed by atoms with van der Waals surface area (Å²) in [6, 6.07) is 32.2. The van der Waals surface area contributed by atoms with Crippen LogP contribution in [0, 0.1) is 6.92 Å². The van der Waals surface area contributed by atoms with Gasteiger partial charge >= 0.3 is 6.09 Å². The van der Waals surface area contributed by atoms with Crippen LogP contribution in [-0.2, 0) is 27.1 Å². The molecule has 3 heterocycles. The van der Waals surface area contributed by atoms with Crippen LogP contribution in [0.15, 0.2) is 122 Å². The topological polar surface area (TPSA) is 136 Å². The summed E-state index contributed by atoms with van der Waals surface area (Å²) < 4.78 is 55.8. The molecule has 0 bridgehead atoms. The molecule has 0 unspecified atom stereocenters. The fraction of sp³-hybridized carbons (Fsp3) is 0.200. The number of likely N-dealkylation sites (tertiary alicyclic amines) is 1. The van der Waals surface area contributed by atoms with Crippen LogP contribution >= 0.6 is 0 Å². The Morgan fingerprint density at radius 3 is 2.42 bits per heavy atom. The summed E-state index contributed by atoms with van der Waals surface area (Å²) in [6.45, 7) is 2.16. The summed E-state index contributed by atoms with van der Waals surface area (Å²) in [6.07, 6.45) is 1.52. The number of nitrogens with one attached hydrogen (secondary N) is 2. The lowest BCUT2D eigenvalue weighted by Crippen LogP contribution is -2.50. The third-order valence-corrected chi connectivity index (χ3v) is 10.0. The number of alkyl halides is 1. The monoisotopic (exact) mass is 732 g/mol. The number of rotatable bonds is 11. The van der Waals surface area contributed by atoms with Crippen LogP contribution in [-0.4, -0.2) is 59.7 Å². The lowest BCUT2D eigenvalue weighted by Gasteiger charge is -2.34. The van der Waals surface area contributed by atoms with Gasteiger partial charge in [-0.3, -0.25) is 4.72 Å². The Balaban J connectivity index is 1.09. The number of carbonyl (C=O) groups excluding carboxylic acids is 1. The fourth-order valence-corrected chi connectivity index (χ4v) is 7.50. The Morgan fingerprint density at radius 2 is 1.62 bits per heavy atom. The van der Waals surface area contributed by atoms with Crippen molar-refractivity contribution in [2.75, 3.05) is 23.1 Å². The third-order valence-electron chi connectivity index (χ3n) is 8.77. The number of anilines is 2. The van der Waals surface area contributed by atoms with Gasteiger partial charge in [0, 0.05) is 42.2 Å². The molecule has 1 fully saturated rings. The molecular formula is C40H37FN6O5S. The van der Waals surface area contributed by atoms with E-state index in [0.29, 0.717) is 39.0 Å². The molecule has 0 radical (unpaired) electrons. The molecule has 2 atom stereocenters. The van der Waals surface area contributed by atoms with E-state index in [2.05, 4.69) is 20.0 Å². The summed E-state index contributed by atoms with van der Waals surface area (Å²) in [5, 5.41) is 4.54. The summed E-state index contributed by atoms with van der Waals surface area (Å²) >= 11 is 0. The first-order valence-corrected chi connectivity index (χ1v) is 18.8. The highest BCUT2D eigenvalue weighted by molar-refractivity contribution is 7.91. The number of sulfonamides is 1. The second kappa shape index (κ2) is 15.7. The second-order valence-corrected chi connectivity index (χ2v) is 14.5. The van der Waals surface area contributed by atoms with Gasteiger partial charge in [-0.1, -0.05) is 84.9 Å². The molecule has 4 aromatic carbocycles.